The van der Waals surface area contributed by atoms with Gasteiger partial charge in [0.15, 0.2) is 0 Å². The molecule has 0 spiro atoms. The van der Waals surface area contributed by atoms with Gasteiger partial charge in [-0.3, -0.25) is 14.5 Å². The highest BCUT2D eigenvalue weighted by molar-refractivity contribution is 5.76. The Hall–Kier alpha value is -3.09. The minimum Gasteiger partial charge on any atom is -0.353 e. The summed E-state index contributed by atoms with van der Waals surface area (Å²) in [7, 11) is 0. The molecule has 1 N–H and O–H groups in total. The van der Waals surface area contributed by atoms with Crippen molar-refractivity contribution in [2.75, 3.05) is 0 Å². The molecule has 0 radical (unpaired) electrons. The summed E-state index contributed by atoms with van der Waals surface area (Å²) in [6.07, 6.45) is 16.0. The molecular weight excluding hydrogens is 352 g/mol. The summed E-state index contributed by atoms with van der Waals surface area (Å²) in [6.45, 7) is 0. The first-order chi connectivity index (χ1) is 13.8. The molecule has 4 rings (SSSR count). The lowest BCUT2D eigenvalue weighted by Crippen LogP contribution is -2.38. The first-order valence-electron chi connectivity index (χ1n) is 9.77. The number of rotatable bonds is 6. The van der Waals surface area contributed by atoms with Gasteiger partial charge in [0, 0.05) is 42.8 Å². The number of nitrogens with one attached hydrogen (secondary N) is 1. The minimum atomic E-state index is 0.130. The second-order valence-corrected chi connectivity index (χ2v) is 7.23. The Bertz CT molecular complexity index is 888. The van der Waals surface area contributed by atoms with Crippen LogP contribution >= 0.6 is 0 Å². The Morgan fingerprint density at radius 1 is 1.07 bits per heavy atom. The number of hydrogen-bond donors (Lipinski definition) is 1. The summed E-state index contributed by atoms with van der Waals surface area (Å²) in [5.41, 5.74) is 3.04. The van der Waals surface area contributed by atoms with Gasteiger partial charge in [-0.1, -0.05) is 0 Å². The van der Waals surface area contributed by atoms with Crippen LogP contribution in [-0.2, 0) is 11.2 Å². The Morgan fingerprint density at radius 2 is 1.86 bits per heavy atom. The molecule has 3 aromatic rings. The van der Waals surface area contributed by atoms with Crippen molar-refractivity contribution in [3.05, 3.63) is 61.1 Å². The van der Waals surface area contributed by atoms with Crippen molar-refractivity contribution in [2.24, 2.45) is 0 Å². The highest BCUT2D eigenvalue weighted by atomic mass is 16.1. The molecule has 7 heteroatoms. The average Bonchev–Trinajstić information content (AvgIpc) is 3.25. The number of aromatic nitrogens is 5. The highest BCUT2D eigenvalue weighted by Crippen LogP contribution is 2.29. The summed E-state index contributed by atoms with van der Waals surface area (Å²) < 4.78 is 2.04. The van der Waals surface area contributed by atoms with Gasteiger partial charge in [0.25, 0.3) is 0 Å². The van der Waals surface area contributed by atoms with Gasteiger partial charge in [-0.15, -0.1) is 0 Å². The van der Waals surface area contributed by atoms with Gasteiger partial charge < -0.3 is 5.32 Å². The normalized spacial score (nSPS) is 19.3. The fraction of sp³-hybridized carbons (Fsp3) is 0.381. The lowest BCUT2D eigenvalue weighted by Gasteiger charge is -2.29. The molecule has 7 nitrogen and oxygen atoms in total. The summed E-state index contributed by atoms with van der Waals surface area (Å²) in [4.78, 5) is 24.5. The molecule has 28 heavy (non-hydrogen) atoms. The van der Waals surface area contributed by atoms with Gasteiger partial charge in [-0.05, 0) is 55.9 Å². The largest absolute Gasteiger partial charge is 0.353 e. The Balaban J connectivity index is 1.24. The molecule has 0 aromatic carbocycles. The summed E-state index contributed by atoms with van der Waals surface area (Å²) in [5, 5.41) is 7.72. The van der Waals surface area contributed by atoms with E-state index in [1.54, 1.807) is 24.9 Å². The first-order valence-corrected chi connectivity index (χ1v) is 9.77. The number of pyridine rings is 1. The third kappa shape index (κ3) is 4.60. The van der Waals surface area contributed by atoms with Crippen LogP contribution < -0.4 is 5.32 Å². The Kier molecular flexibility index (Phi) is 5.70. The van der Waals surface area contributed by atoms with Crippen LogP contribution in [0.3, 0.4) is 0 Å². The molecule has 1 fully saturated rings. The van der Waals surface area contributed by atoms with E-state index in [0.717, 1.165) is 48.9 Å². The molecule has 144 valence electrons. The zero-order chi connectivity index (χ0) is 19.2. The monoisotopic (exact) mass is 376 g/mol. The van der Waals surface area contributed by atoms with Gasteiger partial charge >= 0.3 is 0 Å². The number of amides is 1. The summed E-state index contributed by atoms with van der Waals surface area (Å²) >= 11 is 0. The van der Waals surface area contributed by atoms with Crippen LogP contribution in [0.2, 0.25) is 0 Å². The molecule has 1 aliphatic carbocycles. The van der Waals surface area contributed by atoms with E-state index in [1.165, 1.54) is 0 Å². The molecule has 0 atom stereocenters. The van der Waals surface area contributed by atoms with Crippen LogP contribution in [0, 0.1) is 0 Å². The van der Waals surface area contributed by atoms with Gasteiger partial charge in [0.2, 0.25) is 5.91 Å². The number of aryl methyl sites for hydroxylation is 1. The van der Waals surface area contributed by atoms with Gasteiger partial charge in [0.1, 0.15) is 6.33 Å². The van der Waals surface area contributed by atoms with Crippen LogP contribution in [0.5, 0.6) is 0 Å². The number of carbonyl (C=O) groups is 1. The van der Waals surface area contributed by atoms with E-state index in [-0.39, 0.29) is 11.9 Å². The van der Waals surface area contributed by atoms with Crippen molar-refractivity contribution < 1.29 is 4.79 Å². The van der Waals surface area contributed by atoms with Gasteiger partial charge in [-0.25, -0.2) is 9.97 Å². The fourth-order valence-electron chi connectivity index (χ4n) is 3.72. The van der Waals surface area contributed by atoms with Crippen molar-refractivity contribution in [3.63, 3.8) is 0 Å². The van der Waals surface area contributed by atoms with E-state index in [9.17, 15) is 4.79 Å². The van der Waals surface area contributed by atoms with E-state index < -0.39 is 0 Å². The highest BCUT2D eigenvalue weighted by Gasteiger charge is 2.24. The van der Waals surface area contributed by atoms with Crippen LogP contribution in [0.1, 0.15) is 43.7 Å². The summed E-state index contributed by atoms with van der Waals surface area (Å²) in [5.74, 6) is 0.130. The maximum Gasteiger partial charge on any atom is 0.220 e. The Labute approximate surface area is 164 Å². The van der Waals surface area contributed by atoms with Crippen molar-refractivity contribution >= 4 is 5.91 Å². The molecule has 0 saturated heterocycles. The van der Waals surface area contributed by atoms with E-state index in [0.29, 0.717) is 12.5 Å². The zero-order valence-electron chi connectivity index (χ0n) is 15.7. The van der Waals surface area contributed by atoms with Crippen molar-refractivity contribution in [3.8, 4) is 11.3 Å². The standard InChI is InChI=1S/C21H24N6O/c28-21(6-1-16-7-10-22-11-8-16)26-18-2-4-19(5-3-18)27-14-17(13-25-27)20-9-12-23-15-24-20/h7-15,18-19H,1-6H2,(H,26,28). The number of hydrogen-bond acceptors (Lipinski definition) is 5. The van der Waals surface area contributed by atoms with Crippen molar-refractivity contribution in [1.82, 2.24) is 30.0 Å². The molecular formula is C21H24N6O. The third-order valence-corrected chi connectivity index (χ3v) is 5.31. The van der Waals surface area contributed by atoms with Gasteiger partial charge in [-0.2, -0.15) is 5.10 Å². The molecule has 1 amide bonds. The van der Waals surface area contributed by atoms with Crippen LogP contribution in [0.4, 0.5) is 0 Å². The van der Waals surface area contributed by atoms with E-state index in [2.05, 4.69) is 31.6 Å². The molecule has 1 aliphatic rings. The average molecular weight is 376 g/mol. The second-order valence-electron chi connectivity index (χ2n) is 7.23. The third-order valence-electron chi connectivity index (χ3n) is 5.31. The second kappa shape index (κ2) is 8.73. The smallest absolute Gasteiger partial charge is 0.220 e. The topological polar surface area (TPSA) is 85.6 Å². The number of carbonyl (C=O) groups excluding carboxylic acids is 1. The molecule has 1 saturated carbocycles. The van der Waals surface area contributed by atoms with Crippen LogP contribution in [0.25, 0.3) is 11.3 Å². The van der Waals surface area contributed by atoms with Crippen molar-refractivity contribution in [1.29, 1.82) is 0 Å². The quantitative estimate of drug-likeness (QED) is 0.715. The molecule has 0 aliphatic heterocycles. The van der Waals surface area contributed by atoms with E-state index in [1.807, 2.05) is 29.1 Å². The lowest BCUT2D eigenvalue weighted by atomic mass is 9.91. The van der Waals surface area contributed by atoms with E-state index in [4.69, 9.17) is 0 Å². The first kappa shape index (κ1) is 18.3. The molecule has 3 heterocycles. The Morgan fingerprint density at radius 3 is 2.61 bits per heavy atom. The van der Waals surface area contributed by atoms with E-state index >= 15 is 0 Å². The molecule has 0 bridgehead atoms. The lowest BCUT2D eigenvalue weighted by molar-refractivity contribution is -0.122. The SMILES string of the molecule is O=C(CCc1ccncc1)NC1CCC(n2cc(-c3ccncn3)cn2)CC1. The van der Waals surface area contributed by atoms with Crippen molar-refractivity contribution in [2.45, 2.75) is 50.6 Å². The van der Waals surface area contributed by atoms with Gasteiger partial charge in [0.05, 0.1) is 17.9 Å². The van der Waals surface area contributed by atoms with Crippen LogP contribution in [-0.4, -0.2) is 36.7 Å². The maximum atomic E-state index is 12.2. The zero-order valence-corrected chi connectivity index (χ0v) is 15.7. The minimum absolute atomic E-state index is 0.130. The molecule has 0 unspecified atom stereocenters. The summed E-state index contributed by atoms with van der Waals surface area (Å²) in [6, 6.07) is 6.44. The number of nitrogens with zero attached hydrogens (tertiary/aromatic N) is 5. The molecule has 3 aromatic heterocycles. The predicted octanol–water partition coefficient (Wildman–Crippen LogP) is 2.97. The maximum absolute atomic E-state index is 12.2. The van der Waals surface area contributed by atoms with Crippen LogP contribution in [0.15, 0.2) is 55.5 Å². The predicted molar refractivity (Wildman–Crippen MR) is 105 cm³/mol. The fourth-order valence-corrected chi connectivity index (χ4v) is 3.72.